The standard InChI is InChI=1S/C15H21ClN2O2/c1-15(2,3)20-14(19)18-7-6-13(17)12-8-11(16)5-4-10(12)9-18/h4-5,8,13H,6-7,9,17H2,1-3H3/t13-/m1/s1. The molecule has 1 aromatic carbocycles. The molecule has 0 saturated heterocycles. The highest BCUT2D eigenvalue weighted by molar-refractivity contribution is 6.30. The quantitative estimate of drug-likeness (QED) is 0.797. The topological polar surface area (TPSA) is 55.6 Å². The number of rotatable bonds is 0. The molecule has 0 fully saturated rings. The Labute approximate surface area is 124 Å². The Morgan fingerprint density at radius 3 is 2.80 bits per heavy atom. The van der Waals surface area contributed by atoms with Crippen molar-refractivity contribution >= 4 is 17.7 Å². The molecular formula is C15H21ClN2O2. The molecule has 5 heteroatoms. The first kappa shape index (κ1) is 15.1. The fourth-order valence-electron chi connectivity index (χ4n) is 2.27. The van der Waals surface area contributed by atoms with Gasteiger partial charge < -0.3 is 15.4 Å². The number of fused-ring (bicyclic) bond motifs is 1. The zero-order chi connectivity index (χ0) is 14.9. The molecule has 0 spiro atoms. The summed E-state index contributed by atoms with van der Waals surface area (Å²) in [5, 5.41) is 0.671. The number of benzene rings is 1. The Morgan fingerprint density at radius 1 is 1.45 bits per heavy atom. The molecule has 1 atom stereocenters. The van der Waals surface area contributed by atoms with Crippen LogP contribution >= 0.6 is 11.6 Å². The summed E-state index contributed by atoms with van der Waals surface area (Å²) < 4.78 is 5.43. The molecule has 110 valence electrons. The first-order valence-electron chi connectivity index (χ1n) is 6.78. The predicted molar refractivity (Wildman–Crippen MR) is 79.6 cm³/mol. The fourth-order valence-corrected chi connectivity index (χ4v) is 2.45. The van der Waals surface area contributed by atoms with E-state index in [-0.39, 0.29) is 12.1 Å². The Hall–Kier alpha value is -1.26. The molecule has 2 N–H and O–H groups in total. The van der Waals surface area contributed by atoms with Crippen molar-refractivity contribution in [2.24, 2.45) is 5.73 Å². The zero-order valence-corrected chi connectivity index (χ0v) is 12.9. The Balaban J connectivity index is 2.20. The van der Waals surface area contributed by atoms with Gasteiger partial charge in [0.05, 0.1) is 0 Å². The Kier molecular flexibility index (Phi) is 4.25. The summed E-state index contributed by atoms with van der Waals surface area (Å²) in [4.78, 5) is 13.9. The second-order valence-electron chi connectivity index (χ2n) is 6.14. The van der Waals surface area contributed by atoms with Gasteiger partial charge in [-0.3, -0.25) is 0 Å². The van der Waals surface area contributed by atoms with Gasteiger partial charge in [-0.2, -0.15) is 0 Å². The summed E-state index contributed by atoms with van der Waals surface area (Å²) in [6.45, 7) is 6.68. The van der Waals surface area contributed by atoms with Crippen molar-refractivity contribution in [1.29, 1.82) is 0 Å². The van der Waals surface area contributed by atoms with E-state index in [1.54, 1.807) is 4.90 Å². The maximum atomic E-state index is 12.2. The third kappa shape index (κ3) is 3.64. The average Bonchev–Trinajstić information content (AvgIpc) is 2.48. The van der Waals surface area contributed by atoms with E-state index < -0.39 is 5.60 Å². The smallest absolute Gasteiger partial charge is 0.410 e. The van der Waals surface area contributed by atoms with Crippen LogP contribution in [0.2, 0.25) is 5.02 Å². The molecule has 4 nitrogen and oxygen atoms in total. The number of hydrogen-bond donors (Lipinski definition) is 1. The third-order valence-electron chi connectivity index (χ3n) is 3.23. The van der Waals surface area contributed by atoms with Gasteiger partial charge in [-0.05, 0) is 50.5 Å². The highest BCUT2D eigenvalue weighted by Gasteiger charge is 2.26. The Bertz CT molecular complexity index is 511. The summed E-state index contributed by atoms with van der Waals surface area (Å²) in [6, 6.07) is 5.54. The van der Waals surface area contributed by atoms with Gasteiger partial charge in [-0.1, -0.05) is 17.7 Å². The molecule has 20 heavy (non-hydrogen) atoms. The van der Waals surface area contributed by atoms with Crippen LogP contribution in [0.3, 0.4) is 0 Å². The first-order valence-corrected chi connectivity index (χ1v) is 7.16. The van der Waals surface area contributed by atoms with Crippen LogP contribution in [-0.4, -0.2) is 23.1 Å². The zero-order valence-electron chi connectivity index (χ0n) is 12.1. The van der Waals surface area contributed by atoms with Gasteiger partial charge in [0.1, 0.15) is 5.60 Å². The van der Waals surface area contributed by atoms with E-state index in [1.807, 2.05) is 39.0 Å². The van der Waals surface area contributed by atoms with Crippen molar-refractivity contribution in [1.82, 2.24) is 4.90 Å². The van der Waals surface area contributed by atoms with Crippen LogP contribution in [0, 0.1) is 0 Å². The van der Waals surface area contributed by atoms with Gasteiger partial charge in [0.2, 0.25) is 0 Å². The predicted octanol–water partition coefficient (Wildman–Crippen LogP) is 3.48. The van der Waals surface area contributed by atoms with Crippen LogP contribution in [0.25, 0.3) is 0 Å². The van der Waals surface area contributed by atoms with Gasteiger partial charge in [0, 0.05) is 24.2 Å². The highest BCUT2D eigenvalue weighted by atomic mass is 35.5. The maximum absolute atomic E-state index is 12.2. The largest absolute Gasteiger partial charge is 0.444 e. The van der Waals surface area contributed by atoms with Crippen molar-refractivity contribution < 1.29 is 9.53 Å². The number of nitrogens with zero attached hydrogens (tertiary/aromatic N) is 1. The maximum Gasteiger partial charge on any atom is 0.410 e. The van der Waals surface area contributed by atoms with E-state index in [2.05, 4.69) is 0 Å². The second kappa shape index (κ2) is 5.62. The normalized spacial score (nSPS) is 19.2. The third-order valence-corrected chi connectivity index (χ3v) is 3.47. The molecule has 0 aliphatic carbocycles. The molecule has 0 bridgehead atoms. The number of nitrogens with two attached hydrogens (primary N) is 1. The monoisotopic (exact) mass is 296 g/mol. The number of halogens is 1. The summed E-state index contributed by atoms with van der Waals surface area (Å²) in [6.07, 6.45) is 0.402. The lowest BCUT2D eigenvalue weighted by Crippen LogP contribution is -2.36. The lowest BCUT2D eigenvalue weighted by Gasteiger charge is -2.26. The second-order valence-corrected chi connectivity index (χ2v) is 6.58. The van der Waals surface area contributed by atoms with Crippen LogP contribution in [0.15, 0.2) is 18.2 Å². The lowest BCUT2D eigenvalue weighted by atomic mass is 10.0. The van der Waals surface area contributed by atoms with Gasteiger partial charge >= 0.3 is 6.09 Å². The van der Waals surface area contributed by atoms with Crippen molar-refractivity contribution in [3.8, 4) is 0 Å². The summed E-state index contributed by atoms with van der Waals surface area (Å²) in [5.41, 5.74) is 7.73. The first-order chi connectivity index (χ1) is 9.26. The number of carbonyl (C=O) groups excluding carboxylic acids is 1. The molecular weight excluding hydrogens is 276 g/mol. The molecule has 1 heterocycles. The molecule has 1 aliphatic heterocycles. The van der Waals surface area contributed by atoms with Crippen LogP contribution in [0.1, 0.15) is 44.4 Å². The molecule has 1 aromatic rings. The van der Waals surface area contributed by atoms with Crippen LogP contribution in [0.4, 0.5) is 4.79 Å². The Morgan fingerprint density at radius 2 is 2.15 bits per heavy atom. The molecule has 1 amide bonds. The van der Waals surface area contributed by atoms with E-state index in [0.717, 1.165) is 11.1 Å². The van der Waals surface area contributed by atoms with Gasteiger partial charge in [-0.15, -0.1) is 0 Å². The van der Waals surface area contributed by atoms with Crippen LogP contribution in [0.5, 0.6) is 0 Å². The number of ether oxygens (including phenoxy) is 1. The minimum atomic E-state index is -0.492. The molecule has 0 radical (unpaired) electrons. The SMILES string of the molecule is CC(C)(C)OC(=O)N1CC[C@@H](N)c2cc(Cl)ccc2C1. The van der Waals surface area contributed by atoms with Crippen LogP contribution < -0.4 is 5.73 Å². The van der Waals surface area contributed by atoms with E-state index in [4.69, 9.17) is 22.1 Å². The highest BCUT2D eigenvalue weighted by Crippen LogP contribution is 2.28. The number of carbonyl (C=O) groups is 1. The van der Waals surface area contributed by atoms with E-state index in [9.17, 15) is 4.79 Å². The lowest BCUT2D eigenvalue weighted by molar-refractivity contribution is 0.0235. The van der Waals surface area contributed by atoms with E-state index in [0.29, 0.717) is 24.5 Å². The number of hydrogen-bond acceptors (Lipinski definition) is 3. The minimum Gasteiger partial charge on any atom is -0.444 e. The van der Waals surface area contributed by atoms with Crippen molar-refractivity contribution in [3.05, 3.63) is 34.3 Å². The van der Waals surface area contributed by atoms with Crippen molar-refractivity contribution in [3.63, 3.8) is 0 Å². The van der Waals surface area contributed by atoms with E-state index >= 15 is 0 Å². The van der Waals surface area contributed by atoms with Gasteiger partial charge in [0.15, 0.2) is 0 Å². The van der Waals surface area contributed by atoms with Gasteiger partial charge in [-0.25, -0.2) is 4.79 Å². The summed E-state index contributed by atoms with van der Waals surface area (Å²) >= 11 is 6.02. The summed E-state index contributed by atoms with van der Waals surface area (Å²) in [7, 11) is 0. The molecule has 0 unspecified atom stereocenters. The minimum absolute atomic E-state index is 0.101. The molecule has 0 saturated carbocycles. The van der Waals surface area contributed by atoms with Crippen LogP contribution in [-0.2, 0) is 11.3 Å². The molecule has 0 aromatic heterocycles. The van der Waals surface area contributed by atoms with Gasteiger partial charge in [0.25, 0.3) is 0 Å². The number of amides is 1. The average molecular weight is 297 g/mol. The fraction of sp³-hybridized carbons (Fsp3) is 0.533. The summed E-state index contributed by atoms with van der Waals surface area (Å²) in [5.74, 6) is 0. The molecule has 1 aliphatic rings. The van der Waals surface area contributed by atoms with E-state index in [1.165, 1.54) is 0 Å². The van der Waals surface area contributed by atoms with Crippen molar-refractivity contribution in [2.45, 2.75) is 45.4 Å². The molecule has 2 rings (SSSR count). The van der Waals surface area contributed by atoms with Crippen molar-refractivity contribution in [2.75, 3.05) is 6.54 Å².